The lowest BCUT2D eigenvalue weighted by atomic mass is 10.0. The van der Waals surface area contributed by atoms with E-state index in [4.69, 9.17) is 5.48 Å². The molecule has 0 aliphatic carbocycles. The fourth-order valence-electron chi connectivity index (χ4n) is 9.84. The lowest BCUT2D eigenvalue weighted by molar-refractivity contribution is 1.29. The standard InChI is InChI=1S/C54H34N4/c1-5-17-35(18-6-1)55(36-19-7-2-8-20-36)45-29-15-31-47-51(45)41-27-13-25-39-43-34-50-44(33-49(43)57(47)53(39)41)40-26-14-28-42-52-46(30-16-32-48(52)58(50)54(40)42)56(37-21-9-3-10-22-37)38-23-11-4-12-24-38/h1-34H/i1D,2D,3D,4D. The fourth-order valence-corrected chi connectivity index (χ4v) is 9.84. The van der Waals surface area contributed by atoms with Gasteiger partial charge in [0.15, 0.2) is 0 Å². The maximum atomic E-state index is 8.22. The molecule has 0 N–H and O–H groups in total. The maximum absolute atomic E-state index is 8.22. The van der Waals surface area contributed by atoms with Gasteiger partial charge in [-0.15, -0.1) is 0 Å². The highest BCUT2D eigenvalue weighted by molar-refractivity contribution is 6.31. The van der Waals surface area contributed by atoms with Crippen LogP contribution in [-0.4, -0.2) is 8.80 Å². The van der Waals surface area contributed by atoms with Crippen LogP contribution in [0.4, 0.5) is 34.1 Å². The van der Waals surface area contributed by atoms with Gasteiger partial charge in [0.2, 0.25) is 0 Å². The molecule has 0 aliphatic heterocycles. The minimum absolute atomic E-state index is 0.457. The quantitative estimate of drug-likeness (QED) is 0.169. The van der Waals surface area contributed by atoms with E-state index in [-0.39, 0.29) is 0 Å². The van der Waals surface area contributed by atoms with Crippen LogP contribution in [0.1, 0.15) is 5.48 Å². The van der Waals surface area contributed by atoms with Crippen molar-refractivity contribution in [3.05, 3.63) is 206 Å². The molecule has 13 aromatic rings. The van der Waals surface area contributed by atoms with E-state index in [2.05, 4.69) is 104 Å². The van der Waals surface area contributed by atoms with Crippen molar-refractivity contribution in [2.75, 3.05) is 9.80 Å². The summed E-state index contributed by atoms with van der Waals surface area (Å²) in [4.78, 5) is 4.48. The van der Waals surface area contributed by atoms with Crippen LogP contribution in [0, 0.1) is 0 Å². The van der Waals surface area contributed by atoms with E-state index in [9.17, 15) is 0 Å². The maximum Gasteiger partial charge on any atom is 0.0623 e. The Morgan fingerprint density at radius 3 is 1.00 bits per heavy atom. The van der Waals surface area contributed by atoms with E-state index >= 15 is 0 Å². The molecule has 4 nitrogen and oxygen atoms in total. The first-order valence-electron chi connectivity index (χ1n) is 21.6. The summed E-state index contributed by atoms with van der Waals surface area (Å²) >= 11 is 0. The molecule has 270 valence electrons. The molecule has 0 saturated carbocycles. The Balaban J connectivity index is 1.08. The van der Waals surface area contributed by atoms with Crippen LogP contribution in [0.2, 0.25) is 0 Å². The van der Waals surface area contributed by atoms with Crippen molar-refractivity contribution in [3.8, 4) is 0 Å². The van der Waals surface area contributed by atoms with Gasteiger partial charge in [-0.3, -0.25) is 0 Å². The minimum Gasteiger partial charge on any atom is -0.310 e. The molecule has 0 fully saturated rings. The summed E-state index contributed by atoms with van der Waals surface area (Å²) < 4.78 is 37.8. The number of anilines is 6. The number of para-hydroxylation sites is 6. The number of aromatic nitrogens is 2. The monoisotopic (exact) mass is 742 g/mol. The van der Waals surface area contributed by atoms with Crippen molar-refractivity contribution in [1.29, 1.82) is 0 Å². The zero-order chi connectivity index (χ0) is 41.4. The van der Waals surface area contributed by atoms with E-state index in [0.29, 0.717) is 24.2 Å². The largest absolute Gasteiger partial charge is 0.310 e. The van der Waals surface area contributed by atoms with Gasteiger partial charge in [0, 0.05) is 65.8 Å². The number of hydrogen-bond donors (Lipinski definition) is 0. The van der Waals surface area contributed by atoms with E-state index in [0.717, 1.165) is 67.0 Å². The summed E-state index contributed by atoms with van der Waals surface area (Å²) in [6, 6.07) is 63.6. The topological polar surface area (TPSA) is 15.3 Å². The number of rotatable bonds is 6. The SMILES string of the molecule is [2H]c1ccc(N(c2ccc([2H])cc2)c2cccc3c2c2cccc4c5cc6c(cc5n3c42)c2cccc3c4c(N(c5ccc([2H])cc5)c5ccc([2H])cc5)cccc4n6c23)cc1. The highest BCUT2D eigenvalue weighted by atomic mass is 15.2. The summed E-state index contributed by atoms with van der Waals surface area (Å²) in [7, 11) is 0. The second-order valence-electron chi connectivity index (χ2n) is 15.0. The number of nitrogens with zero attached hydrogens (tertiary/aromatic N) is 4. The van der Waals surface area contributed by atoms with Gasteiger partial charge >= 0.3 is 0 Å². The molecular weight excluding hydrogens is 705 g/mol. The van der Waals surface area contributed by atoms with Crippen LogP contribution in [-0.2, 0) is 0 Å². The zero-order valence-electron chi connectivity index (χ0n) is 35.1. The molecule has 0 radical (unpaired) electrons. The third-order valence-electron chi connectivity index (χ3n) is 12.1. The average Bonchev–Trinajstić information content (AvgIpc) is 4.03. The summed E-state index contributed by atoms with van der Waals surface area (Å²) in [6.45, 7) is 0. The summed E-state index contributed by atoms with van der Waals surface area (Å²) in [5.41, 5.74) is 12.8. The molecule has 4 heterocycles. The highest BCUT2D eigenvalue weighted by Crippen LogP contribution is 2.49. The van der Waals surface area contributed by atoms with Gasteiger partial charge in [0.05, 0.1) is 50.0 Å². The molecule has 0 bridgehead atoms. The van der Waals surface area contributed by atoms with Crippen molar-refractivity contribution in [2.24, 2.45) is 0 Å². The number of fused-ring (bicyclic) bond motifs is 12. The Morgan fingerprint density at radius 1 is 0.310 bits per heavy atom. The van der Waals surface area contributed by atoms with Gasteiger partial charge in [0.25, 0.3) is 0 Å². The van der Waals surface area contributed by atoms with Gasteiger partial charge in [-0.05, 0) is 84.9 Å². The Bertz CT molecular complexity index is 3540. The van der Waals surface area contributed by atoms with Crippen LogP contribution in [0.3, 0.4) is 0 Å². The van der Waals surface area contributed by atoms with Gasteiger partial charge < -0.3 is 18.6 Å². The van der Waals surface area contributed by atoms with Crippen LogP contribution in [0.25, 0.3) is 76.2 Å². The average molecular weight is 743 g/mol. The summed E-state index contributed by atoms with van der Waals surface area (Å²) in [5.74, 6) is 0. The lowest BCUT2D eigenvalue weighted by Crippen LogP contribution is -2.10. The molecule has 0 spiro atoms. The van der Waals surface area contributed by atoms with Crippen molar-refractivity contribution in [3.63, 3.8) is 0 Å². The Kier molecular flexibility index (Phi) is 5.66. The molecule has 0 amide bonds. The summed E-state index contributed by atoms with van der Waals surface area (Å²) in [5, 5.41) is 9.39. The smallest absolute Gasteiger partial charge is 0.0623 e. The predicted molar refractivity (Wildman–Crippen MR) is 245 cm³/mol. The predicted octanol–water partition coefficient (Wildman–Crippen LogP) is 14.9. The lowest BCUT2D eigenvalue weighted by Gasteiger charge is -2.26. The van der Waals surface area contributed by atoms with E-state index in [1.54, 1.807) is 0 Å². The number of benzene rings is 9. The minimum atomic E-state index is 0.457. The molecule has 9 aromatic carbocycles. The van der Waals surface area contributed by atoms with Gasteiger partial charge in [-0.2, -0.15) is 0 Å². The molecule has 0 atom stereocenters. The first kappa shape index (κ1) is 27.7. The zero-order valence-corrected chi connectivity index (χ0v) is 31.1. The van der Waals surface area contributed by atoms with Gasteiger partial charge in [0.1, 0.15) is 0 Å². The van der Waals surface area contributed by atoms with Gasteiger partial charge in [-0.1, -0.05) is 121 Å². The molecule has 4 heteroatoms. The summed E-state index contributed by atoms with van der Waals surface area (Å²) in [6.07, 6.45) is 0. The molecule has 0 unspecified atom stereocenters. The fraction of sp³-hybridized carbons (Fsp3) is 0. The number of hydrogen-bond acceptors (Lipinski definition) is 2. The molecule has 0 aliphatic rings. The molecular formula is C54H34N4. The third-order valence-corrected chi connectivity index (χ3v) is 12.1. The Hall–Kier alpha value is -7.82. The van der Waals surface area contributed by atoms with E-state index < -0.39 is 0 Å². The van der Waals surface area contributed by atoms with Gasteiger partial charge in [-0.25, -0.2) is 0 Å². The van der Waals surface area contributed by atoms with Crippen LogP contribution >= 0.6 is 0 Å². The van der Waals surface area contributed by atoms with Crippen molar-refractivity contribution in [2.45, 2.75) is 0 Å². The first-order chi connectivity index (χ1) is 30.4. The van der Waals surface area contributed by atoms with Crippen molar-refractivity contribution in [1.82, 2.24) is 8.80 Å². The second-order valence-corrected chi connectivity index (χ2v) is 15.0. The Morgan fingerprint density at radius 2 is 0.638 bits per heavy atom. The Labute approximate surface area is 339 Å². The van der Waals surface area contributed by atoms with E-state index in [1.165, 1.54) is 43.4 Å². The van der Waals surface area contributed by atoms with Crippen LogP contribution in [0.5, 0.6) is 0 Å². The molecule has 4 aromatic heterocycles. The molecule has 58 heavy (non-hydrogen) atoms. The van der Waals surface area contributed by atoms with Crippen LogP contribution < -0.4 is 9.80 Å². The van der Waals surface area contributed by atoms with Crippen LogP contribution in [0.15, 0.2) is 206 Å². The van der Waals surface area contributed by atoms with Crippen molar-refractivity contribution < 1.29 is 5.48 Å². The molecule has 0 saturated heterocycles. The normalized spacial score (nSPS) is 13.1. The van der Waals surface area contributed by atoms with E-state index in [1.807, 2.05) is 97.1 Å². The van der Waals surface area contributed by atoms with Crippen molar-refractivity contribution >= 4 is 110 Å². The third kappa shape index (κ3) is 4.18. The second kappa shape index (κ2) is 11.8. The first-order valence-corrected chi connectivity index (χ1v) is 19.6. The molecule has 13 rings (SSSR count). The highest BCUT2D eigenvalue weighted by Gasteiger charge is 2.26.